The molecule has 0 amide bonds. The van der Waals surface area contributed by atoms with Gasteiger partial charge in [0, 0.05) is 36.6 Å². The van der Waals surface area contributed by atoms with Crippen LogP contribution in [-0.4, -0.2) is 9.91 Å². The first kappa shape index (κ1) is 13.2. The Kier molecular flexibility index (Phi) is 4.20. The first-order valence-corrected chi connectivity index (χ1v) is 6.04. The Bertz CT molecular complexity index is 558. The molecule has 1 N–H and O–H groups in total. The zero-order valence-electron chi connectivity index (χ0n) is 10.6. The standard InChI is InChI=1S/C14H15N3O2/c1-11(12-6-4-8-15-9-12)16-10-13-5-2-3-7-14(13)17(18)19/h2-9,11,16H,10H2,1H3. The second-order valence-corrected chi connectivity index (χ2v) is 4.27. The van der Waals surface area contributed by atoms with Crippen molar-refractivity contribution in [1.82, 2.24) is 10.3 Å². The molecule has 1 aromatic heterocycles. The van der Waals surface area contributed by atoms with Crippen LogP contribution in [0.4, 0.5) is 5.69 Å². The molecule has 19 heavy (non-hydrogen) atoms. The number of pyridine rings is 1. The molecular formula is C14H15N3O2. The molecule has 5 heteroatoms. The number of benzene rings is 1. The van der Waals surface area contributed by atoms with E-state index in [1.807, 2.05) is 19.1 Å². The number of nitro groups is 1. The average Bonchev–Trinajstić information content (AvgIpc) is 2.46. The van der Waals surface area contributed by atoms with Crippen molar-refractivity contribution in [2.75, 3.05) is 0 Å². The third-order valence-corrected chi connectivity index (χ3v) is 2.97. The Hall–Kier alpha value is -2.27. The molecule has 0 spiro atoms. The third kappa shape index (κ3) is 3.35. The van der Waals surface area contributed by atoms with Crippen molar-refractivity contribution < 1.29 is 4.92 Å². The molecule has 2 aromatic rings. The lowest BCUT2D eigenvalue weighted by Crippen LogP contribution is -2.18. The molecule has 98 valence electrons. The molecule has 0 fully saturated rings. The van der Waals surface area contributed by atoms with E-state index in [4.69, 9.17) is 0 Å². The maximum Gasteiger partial charge on any atom is 0.273 e. The van der Waals surface area contributed by atoms with Crippen LogP contribution in [0.15, 0.2) is 48.8 Å². The second kappa shape index (κ2) is 6.06. The van der Waals surface area contributed by atoms with Crippen LogP contribution in [0.25, 0.3) is 0 Å². The first-order valence-electron chi connectivity index (χ1n) is 6.04. The minimum atomic E-state index is -0.355. The maximum atomic E-state index is 10.9. The number of para-hydroxylation sites is 1. The van der Waals surface area contributed by atoms with Crippen molar-refractivity contribution in [3.63, 3.8) is 0 Å². The maximum absolute atomic E-state index is 10.9. The van der Waals surface area contributed by atoms with E-state index in [2.05, 4.69) is 10.3 Å². The van der Waals surface area contributed by atoms with E-state index in [0.717, 1.165) is 5.56 Å². The van der Waals surface area contributed by atoms with Gasteiger partial charge in [0.1, 0.15) is 0 Å². The fourth-order valence-electron chi connectivity index (χ4n) is 1.85. The summed E-state index contributed by atoms with van der Waals surface area (Å²) in [6, 6.07) is 10.7. The van der Waals surface area contributed by atoms with Crippen LogP contribution in [0.2, 0.25) is 0 Å². The minimum absolute atomic E-state index is 0.0912. The van der Waals surface area contributed by atoms with E-state index in [0.29, 0.717) is 12.1 Å². The van der Waals surface area contributed by atoms with Crippen molar-refractivity contribution in [2.45, 2.75) is 19.5 Å². The number of aromatic nitrogens is 1. The summed E-state index contributed by atoms with van der Waals surface area (Å²) in [6.45, 7) is 2.46. The van der Waals surface area contributed by atoms with Gasteiger partial charge in [0.05, 0.1) is 4.92 Å². The molecular weight excluding hydrogens is 242 g/mol. The Morgan fingerprint density at radius 2 is 2.11 bits per heavy atom. The first-order chi connectivity index (χ1) is 9.18. The van der Waals surface area contributed by atoms with E-state index < -0.39 is 0 Å². The molecule has 0 bridgehead atoms. The van der Waals surface area contributed by atoms with Crippen LogP contribution in [0.5, 0.6) is 0 Å². The van der Waals surface area contributed by atoms with Gasteiger partial charge >= 0.3 is 0 Å². The summed E-state index contributed by atoms with van der Waals surface area (Å²) in [5.41, 5.74) is 1.89. The van der Waals surface area contributed by atoms with E-state index in [-0.39, 0.29) is 16.7 Å². The fraction of sp³-hybridized carbons (Fsp3) is 0.214. The highest BCUT2D eigenvalue weighted by atomic mass is 16.6. The van der Waals surface area contributed by atoms with Gasteiger partial charge in [0.2, 0.25) is 0 Å². The van der Waals surface area contributed by atoms with E-state index in [9.17, 15) is 10.1 Å². The molecule has 2 rings (SSSR count). The predicted molar refractivity (Wildman–Crippen MR) is 72.6 cm³/mol. The predicted octanol–water partition coefficient (Wildman–Crippen LogP) is 2.84. The van der Waals surface area contributed by atoms with Crippen LogP contribution in [0, 0.1) is 10.1 Å². The smallest absolute Gasteiger partial charge is 0.273 e. The molecule has 0 saturated carbocycles. The van der Waals surface area contributed by atoms with Gasteiger partial charge in [-0.25, -0.2) is 0 Å². The molecule has 0 aliphatic carbocycles. The largest absolute Gasteiger partial charge is 0.306 e. The van der Waals surface area contributed by atoms with Crippen LogP contribution in [0.3, 0.4) is 0 Å². The van der Waals surface area contributed by atoms with Crippen molar-refractivity contribution >= 4 is 5.69 Å². The molecule has 1 atom stereocenters. The molecule has 5 nitrogen and oxygen atoms in total. The van der Waals surface area contributed by atoms with Gasteiger partial charge in [0.15, 0.2) is 0 Å². The molecule has 0 saturated heterocycles. The average molecular weight is 257 g/mol. The van der Waals surface area contributed by atoms with E-state index in [1.165, 1.54) is 6.07 Å². The van der Waals surface area contributed by atoms with Crippen molar-refractivity contribution in [2.24, 2.45) is 0 Å². The Labute approximate surface area is 111 Å². The van der Waals surface area contributed by atoms with Gasteiger partial charge in [-0.1, -0.05) is 24.3 Å². The lowest BCUT2D eigenvalue weighted by molar-refractivity contribution is -0.385. The molecule has 1 aromatic carbocycles. The Morgan fingerprint density at radius 3 is 2.79 bits per heavy atom. The van der Waals surface area contributed by atoms with Crippen molar-refractivity contribution in [3.8, 4) is 0 Å². The SMILES string of the molecule is CC(NCc1ccccc1[N+](=O)[O-])c1cccnc1. The van der Waals surface area contributed by atoms with Crippen LogP contribution in [0.1, 0.15) is 24.1 Å². The molecule has 1 unspecified atom stereocenters. The topological polar surface area (TPSA) is 68.1 Å². The Morgan fingerprint density at radius 1 is 1.32 bits per heavy atom. The van der Waals surface area contributed by atoms with Gasteiger partial charge in [-0.2, -0.15) is 0 Å². The highest BCUT2D eigenvalue weighted by molar-refractivity contribution is 5.39. The summed E-state index contributed by atoms with van der Waals surface area (Å²) in [5, 5.41) is 14.2. The molecule has 0 aliphatic heterocycles. The summed E-state index contributed by atoms with van der Waals surface area (Å²) < 4.78 is 0. The fourth-order valence-corrected chi connectivity index (χ4v) is 1.85. The number of nitrogens with zero attached hydrogens (tertiary/aromatic N) is 2. The van der Waals surface area contributed by atoms with E-state index in [1.54, 1.807) is 30.6 Å². The molecule has 0 radical (unpaired) electrons. The zero-order chi connectivity index (χ0) is 13.7. The summed E-state index contributed by atoms with van der Waals surface area (Å²) in [6.07, 6.45) is 3.51. The van der Waals surface area contributed by atoms with Crippen molar-refractivity contribution in [1.29, 1.82) is 0 Å². The van der Waals surface area contributed by atoms with Gasteiger partial charge in [-0.15, -0.1) is 0 Å². The van der Waals surface area contributed by atoms with Gasteiger partial charge in [0.25, 0.3) is 5.69 Å². The molecule has 1 heterocycles. The number of hydrogen-bond donors (Lipinski definition) is 1. The number of nitrogens with one attached hydrogen (secondary N) is 1. The lowest BCUT2D eigenvalue weighted by atomic mass is 10.1. The summed E-state index contributed by atoms with van der Waals surface area (Å²) in [5.74, 6) is 0. The number of rotatable bonds is 5. The number of nitro benzene ring substituents is 1. The molecule has 0 aliphatic rings. The summed E-state index contributed by atoms with van der Waals surface area (Å²) >= 11 is 0. The quantitative estimate of drug-likeness (QED) is 0.660. The van der Waals surface area contributed by atoms with Crippen LogP contribution >= 0.6 is 0 Å². The normalized spacial score (nSPS) is 12.1. The van der Waals surface area contributed by atoms with Crippen molar-refractivity contribution in [3.05, 3.63) is 70.0 Å². The second-order valence-electron chi connectivity index (χ2n) is 4.27. The van der Waals surface area contributed by atoms with E-state index >= 15 is 0 Å². The van der Waals surface area contributed by atoms with Crippen LogP contribution < -0.4 is 5.32 Å². The Balaban J connectivity index is 2.05. The lowest BCUT2D eigenvalue weighted by Gasteiger charge is -2.13. The van der Waals surface area contributed by atoms with Gasteiger partial charge < -0.3 is 5.32 Å². The zero-order valence-corrected chi connectivity index (χ0v) is 10.6. The van der Waals surface area contributed by atoms with Gasteiger partial charge in [-0.3, -0.25) is 15.1 Å². The van der Waals surface area contributed by atoms with Gasteiger partial charge in [-0.05, 0) is 18.6 Å². The minimum Gasteiger partial charge on any atom is -0.306 e. The third-order valence-electron chi connectivity index (χ3n) is 2.97. The summed E-state index contributed by atoms with van der Waals surface area (Å²) in [4.78, 5) is 14.6. The number of hydrogen-bond acceptors (Lipinski definition) is 4. The summed E-state index contributed by atoms with van der Waals surface area (Å²) in [7, 11) is 0. The highest BCUT2D eigenvalue weighted by Crippen LogP contribution is 2.19. The van der Waals surface area contributed by atoms with Crippen LogP contribution in [-0.2, 0) is 6.54 Å². The highest BCUT2D eigenvalue weighted by Gasteiger charge is 2.13. The monoisotopic (exact) mass is 257 g/mol.